The summed E-state index contributed by atoms with van der Waals surface area (Å²) >= 11 is 0. The summed E-state index contributed by atoms with van der Waals surface area (Å²) in [5.41, 5.74) is 7.21. The van der Waals surface area contributed by atoms with Gasteiger partial charge in [0, 0.05) is 0 Å². The van der Waals surface area contributed by atoms with Crippen molar-refractivity contribution in [1.29, 1.82) is 0 Å². The zero-order valence-corrected chi connectivity index (χ0v) is 6.25. The van der Waals surface area contributed by atoms with E-state index in [1.54, 1.807) is 6.07 Å². The fourth-order valence-electron chi connectivity index (χ4n) is 0.948. The molecule has 0 bridgehead atoms. The van der Waals surface area contributed by atoms with Crippen LogP contribution in [0.2, 0.25) is 0 Å². The van der Waals surface area contributed by atoms with Crippen LogP contribution in [-0.2, 0) is 6.42 Å². The Labute approximate surface area is 66.5 Å². The first-order valence-corrected chi connectivity index (χ1v) is 3.53. The van der Waals surface area contributed by atoms with E-state index in [2.05, 4.69) is 4.85 Å². The normalized spacial score (nSPS) is 9.09. The molecule has 2 nitrogen and oxygen atoms in total. The molecule has 1 aromatic carbocycles. The van der Waals surface area contributed by atoms with E-state index in [0.29, 0.717) is 12.2 Å². The van der Waals surface area contributed by atoms with Crippen molar-refractivity contribution in [2.75, 3.05) is 6.54 Å². The second kappa shape index (κ2) is 3.75. The molecule has 0 saturated carbocycles. The van der Waals surface area contributed by atoms with Crippen molar-refractivity contribution < 1.29 is 0 Å². The Kier molecular flexibility index (Phi) is 2.65. The van der Waals surface area contributed by atoms with Crippen molar-refractivity contribution in [3.63, 3.8) is 0 Å². The lowest BCUT2D eigenvalue weighted by Gasteiger charge is -1.97. The molecule has 0 aliphatic rings. The minimum atomic E-state index is 0.640. The lowest BCUT2D eigenvalue weighted by molar-refractivity contribution is 0.970. The summed E-state index contributed by atoms with van der Waals surface area (Å²) in [5, 5.41) is 0. The van der Waals surface area contributed by atoms with E-state index in [1.807, 2.05) is 18.2 Å². The average molecular weight is 146 g/mol. The van der Waals surface area contributed by atoms with E-state index in [4.69, 9.17) is 12.3 Å². The maximum Gasteiger partial charge on any atom is 0.187 e. The van der Waals surface area contributed by atoms with E-state index in [0.717, 1.165) is 12.0 Å². The van der Waals surface area contributed by atoms with Gasteiger partial charge in [-0.2, -0.15) is 0 Å². The van der Waals surface area contributed by atoms with Crippen LogP contribution >= 0.6 is 0 Å². The molecule has 56 valence electrons. The molecule has 11 heavy (non-hydrogen) atoms. The summed E-state index contributed by atoms with van der Waals surface area (Å²) in [5.74, 6) is 0. The van der Waals surface area contributed by atoms with Crippen molar-refractivity contribution in [2.24, 2.45) is 5.73 Å². The largest absolute Gasteiger partial charge is 0.330 e. The molecule has 0 heterocycles. The van der Waals surface area contributed by atoms with Crippen LogP contribution < -0.4 is 5.73 Å². The Morgan fingerprint density at radius 1 is 1.45 bits per heavy atom. The van der Waals surface area contributed by atoms with Crippen LogP contribution in [0.4, 0.5) is 5.69 Å². The van der Waals surface area contributed by atoms with Crippen molar-refractivity contribution in [1.82, 2.24) is 0 Å². The van der Waals surface area contributed by atoms with Gasteiger partial charge in [-0.1, -0.05) is 29.8 Å². The van der Waals surface area contributed by atoms with Gasteiger partial charge in [-0.3, -0.25) is 0 Å². The third-order valence-corrected chi connectivity index (χ3v) is 1.47. The smallest absolute Gasteiger partial charge is 0.187 e. The second-order valence-electron chi connectivity index (χ2n) is 2.32. The Hall–Kier alpha value is -1.33. The van der Waals surface area contributed by atoms with E-state index in [9.17, 15) is 0 Å². The number of nitrogens with two attached hydrogens (primary N) is 1. The molecular weight excluding hydrogens is 136 g/mol. The SMILES string of the molecule is [C-]#[N+]c1cccc(CCN)c1. The van der Waals surface area contributed by atoms with Crippen molar-refractivity contribution in [3.8, 4) is 0 Å². The Balaban J connectivity index is 2.85. The van der Waals surface area contributed by atoms with Crippen LogP contribution in [0, 0.1) is 6.57 Å². The molecule has 0 fully saturated rings. The third kappa shape index (κ3) is 2.06. The summed E-state index contributed by atoms with van der Waals surface area (Å²) in [6, 6.07) is 7.55. The van der Waals surface area contributed by atoms with Crippen LogP contribution in [0.15, 0.2) is 24.3 Å². The molecule has 1 rings (SSSR count). The van der Waals surface area contributed by atoms with Crippen LogP contribution in [0.1, 0.15) is 5.56 Å². The van der Waals surface area contributed by atoms with Gasteiger partial charge in [0.2, 0.25) is 0 Å². The number of hydrogen-bond acceptors (Lipinski definition) is 1. The minimum absolute atomic E-state index is 0.640. The van der Waals surface area contributed by atoms with Crippen molar-refractivity contribution in [3.05, 3.63) is 41.2 Å². The molecule has 0 spiro atoms. The summed E-state index contributed by atoms with van der Waals surface area (Å²) in [6.07, 6.45) is 0.851. The van der Waals surface area contributed by atoms with Gasteiger partial charge < -0.3 is 5.73 Å². The highest BCUT2D eigenvalue weighted by molar-refractivity contribution is 5.46. The monoisotopic (exact) mass is 146 g/mol. The first-order valence-electron chi connectivity index (χ1n) is 3.53. The highest BCUT2D eigenvalue weighted by Gasteiger charge is 1.92. The molecule has 2 heteroatoms. The molecule has 0 aliphatic carbocycles. The molecule has 0 saturated heterocycles. The van der Waals surface area contributed by atoms with Gasteiger partial charge in [0.25, 0.3) is 0 Å². The van der Waals surface area contributed by atoms with Crippen molar-refractivity contribution >= 4 is 5.69 Å². The Morgan fingerprint density at radius 2 is 2.27 bits per heavy atom. The number of nitrogens with zero attached hydrogens (tertiary/aromatic N) is 1. The summed E-state index contributed by atoms with van der Waals surface area (Å²) in [6.45, 7) is 7.41. The van der Waals surface area contributed by atoms with Crippen LogP contribution in [0.25, 0.3) is 4.85 Å². The van der Waals surface area contributed by atoms with Gasteiger partial charge in [0.15, 0.2) is 5.69 Å². The first kappa shape index (κ1) is 7.77. The van der Waals surface area contributed by atoms with Crippen LogP contribution in [-0.4, -0.2) is 6.54 Å². The fraction of sp³-hybridized carbons (Fsp3) is 0.222. The van der Waals surface area contributed by atoms with Crippen LogP contribution in [0.5, 0.6) is 0 Å². The predicted octanol–water partition coefficient (Wildman–Crippen LogP) is 1.74. The molecule has 0 aliphatic heterocycles. The van der Waals surface area contributed by atoms with E-state index in [1.165, 1.54) is 0 Å². The lowest BCUT2D eigenvalue weighted by Crippen LogP contribution is -2.01. The van der Waals surface area contributed by atoms with Gasteiger partial charge >= 0.3 is 0 Å². The lowest BCUT2D eigenvalue weighted by atomic mass is 10.1. The molecule has 0 radical (unpaired) electrons. The Morgan fingerprint density at radius 3 is 2.91 bits per heavy atom. The average Bonchev–Trinajstić information content (AvgIpc) is 2.06. The zero-order valence-electron chi connectivity index (χ0n) is 6.25. The highest BCUT2D eigenvalue weighted by atomic mass is 14.6. The topological polar surface area (TPSA) is 30.4 Å². The van der Waals surface area contributed by atoms with Gasteiger partial charge in [-0.05, 0) is 13.0 Å². The maximum absolute atomic E-state index is 6.77. The third-order valence-electron chi connectivity index (χ3n) is 1.47. The molecule has 0 amide bonds. The van der Waals surface area contributed by atoms with E-state index in [-0.39, 0.29) is 0 Å². The number of hydrogen-bond donors (Lipinski definition) is 1. The predicted molar refractivity (Wildman–Crippen MR) is 45.5 cm³/mol. The van der Waals surface area contributed by atoms with Gasteiger partial charge in [0.05, 0.1) is 6.57 Å². The maximum atomic E-state index is 6.77. The second-order valence-corrected chi connectivity index (χ2v) is 2.32. The van der Waals surface area contributed by atoms with E-state index >= 15 is 0 Å². The fourth-order valence-corrected chi connectivity index (χ4v) is 0.948. The molecular formula is C9H10N2. The standard InChI is InChI=1S/C9H10N2/c1-11-9-4-2-3-8(7-9)5-6-10/h2-4,7H,5-6,10H2. The quantitative estimate of drug-likeness (QED) is 0.633. The molecule has 2 N–H and O–H groups in total. The Bertz CT molecular complexity index is 273. The summed E-state index contributed by atoms with van der Waals surface area (Å²) < 4.78 is 0. The summed E-state index contributed by atoms with van der Waals surface area (Å²) in [4.78, 5) is 3.32. The molecule has 0 atom stereocenters. The highest BCUT2D eigenvalue weighted by Crippen LogP contribution is 2.13. The number of rotatable bonds is 2. The number of benzene rings is 1. The molecule has 1 aromatic rings. The van der Waals surface area contributed by atoms with Gasteiger partial charge in [-0.15, -0.1) is 0 Å². The first-order chi connectivity index (χ1) is 5.36. The summed E-state index contributed by atoms with van der Waals surface area (Å²) in [7, 11) is 0. The van der Waals surface area contributed by atoms with E-state index < -0.39 is 0 Å². The van der Waals surface area contributed by atoms with Crippen molar-refractivity contribution in [2.45, 2.75) is 6.42 Å². The van der Waals surface area contributed by atoms with Gasteiger partial charge in [-0.25, -0.2) is 4.85 Å². The minimum Gasteiger partial charge on any atom is -0.330 e. The molecule has 0 aromatic heterocycles. The van der Waals surface area contributed by atoms with Crippen LogP contribution in [0.3, 0.4) is 0 Å². The molecule has 0 unspecified atom stereocenters. The van der Waals surface area contributed by atoms with Gasteiger partial charge in [0.1, 0.15) is 0 Å². The zero-order chi connectivity index (χ0) is 8.10.